The molecule has 92 valence electrons. The van der Waals surface area contributed by atoms with Gasteiger partial charge in [0.1, 0.15) is 0 Å². The summed E-state index contributed by atoms with van der Waals surface area (Å²) in [6, 6.07) is 7.40. The average Bonchev–Trinajstić information content (AvgIpc) is 2.28. The highest BCUT2D eigenvalue weighted by Crippen LogP contribution is 2.24. The van der Waals surface area contributed by atoms with Crippen molar-refractivity contribution in [3.05, 3.63) is 29.3 Å². The van der Waals surface area contributed by atoms with Crippen LogP contribution in [0.1, 0.15) is 20.8 Å². The van der Waals surface area contributed by atoms with Gasteiger partial charge in [-0.25, -0.2) is 5.43 Å². The Balaban J connectivity index is 2.54. The summed E-state index contributed by atoms with van der Waals surface area (Å²) in [5.41, 5.74) is 3.34. The first-order valence-corrected chi connectivity index (χ1v) is 6.48. The van der Waals surface area contributed by atoms with E-state index >= 15 is 0 Å². The molecule has 1 N–H and O–H groups in total. The molecule has 1 aromatic carbocycles. The van der Waals surface area contributed by atoms with E-state index in [1.54, 1.807) is 0 Å². The fourth-order valence-corrected chi connectivity index (χ4v) is 2.02. The van der Waals surface area contributed by atoms with Gasteiger partial charge in [-0.15, -0.1) is 11.8 Å². The molecule has 1 aromatic rings. The second-order valence-electron chi connectivity index (χ2n) is 3.75. The first-order valence-electron chi connectivity index (χ1n) is 5.22. The molecule has 5 heteroatoms. The molecular formula is C12H15ClN2OS. The minimum Gasteiger partial charge on any atom is -0.272 e. The van der Waals surface area contributed by atoms with Gasteiger partial charge in [0.05, 0.1) is 5.25 Å². The highest BCUT2D eigenvalue weighted by Gasteiger charge is 2.13. The van der Waals surface area contributed by atoms with Gasteiger partial charge in [-0.05, 0) is 45.0 Å². The molecule has 0 aliphatic carbocycles. The summed E-state index contributed by atoms with van der Waals surface area (Å²) >= 11 is 7.26. The molecule has 0 aromatic heterocycles. The van der Waals surface area contributed by atoms with Crippen LogP contribution in [0.5, 0.6) is 0 Å². The molecule has 0 aliphatic rings. The van der Waals surface area contributed by atoms with Gasteiger partial charge in [-0.3, -0.25) is 4.79 Å². The Morgan fingerprint density at radius 3 is 2.47 bits per heavy atom. The smallest absolute Gasteiger partial charge is 0.253 e. The van der Waals surface area contributed by atoms with Crippen molar-refractivity contribution in [2.24, 2.45) is 5.10 Å². The van der Waals surface area contributed by atoms with E-state index in [2.05, 4.69) is 10.5 Å². The van der Waals surface area contributed by atoms with Gasteiger partial charge in [-0.1, -0.05) is 11.6 Å². The third-order valence-electron chi connectivity index (χ3n) is 1.89. The van der Waals surface area contributed by atoms with Gasteiger partial charge in [0.15, 0.2) is 0 Å². The maximum atomic E-state index is 11.7. The predicted molar refractivity (Wildman–Crippen MR) is 73.7 cm³/mol. The van der Waals surface area contributed by atoms with Crippen LogP contribution < -0.4 is 5.43 Å². The van der Waals surface area contributed by atoms with Gasteiger partial charge in [0, 0.05) is 15.6 Å². The Kier molecular flexibility index (Phi) is 5.51. The van der Waals surface area contributed by atoms with Crippen LogP contribution in [0, 0.1) is 0 Å². The molecule has 0 heterocycles. The number of nitrogens with one attached hydrogen (secondary N) is 1. The number of hydrogen-bond acceptors (Lipinski definition) is 3. The van der Waals surface area contributed by atoms with Crippen molar-refractivity contribution in [2.75, 3.05) is 0 Å². The zero-order valence-electron chi connectivity index (χ0n) is 10.0. The second kappa shape index (κ2) is 6.67. The lowest BCUT2D eigenvalue weighted by Crippen LogP contribution is -2.27. The van der Waals surface area contributed by atoms with E-state index in [4.69, 9.17) is 11.6 Å². The molecular weight excluding hydrogens is 256 g/mol. The van der Waals surface area contributed by atoms with E-state index < -0.39 is 0 Å². The number of carbonyl (C=O) groups is 1. The number of halogens is 1. The molecule has 0 radical (unpaired) electrons. The summed E-state index contributed by atoms with van der Waals surface area (Å²) in [7, 11) is 0. The summed E-state index contributed by atoms with van der Waals surface area (Å²) in [5, 5.41) is 4.38. The fraction of sp³-hybridized carbons (Fsp3) is 0.333. The van der Waals surface area contributed by atoms with Gasteiger partial charge >= 0.3 is 0 Å². The summed E-state index contributed by atoms with van der Waals surface area (Å²) < 4.78 is 0. The molecule has 17 heavy (non-hydrogen) atoms. The Morgan fingerprint density at radius 1 is 1.35 bits per heavy atom. The lowest BCUT2D eigenvalue weighted by atomic mass is 10.4. The normalized spacial score (nSPS) is 11.8. The van der Waals surface area contributed by atoms with Crippen molar-refractivity contribution in [1.82, 2.24) is 5.43 Å². The maximum Gasteiger partial charge on any atom is 0.253 e. The van der Waals surface area contributed by atoms with Crippen LogP contribution in [0.2, 0.25) is 5.02 Å². The molecule has 0 spiro atoms. The number of nitrogens with zero attached hydrogens (tertiary/aromatic N) is 1. The van der Waals surface area contributed by atoms with Crippen molar-refractivity contribution in [3.8, 4) is 0 Å². The van der Waals surface area contributed by atoms with Gasteiger partial charge in [0.2, 0.25) is 0 Å². The Labute approximate surface area is 111 Å². The van der Waals surface area contributed by atoms with E-state index in [0.29, 0.717) is 5.02 Å². The van der Waals surface area contributed by atoms with Crippen LogP contribution in [-0.4, -0.2) is 16.9 Å². The van der Waals surface area contributed by atoms with Crippen molar-refractivity contribution < 1.29 is 4.79 Å². The van der Waals surface area contributed by atoms with E-state index in [1.807, 2.05) is 45.0 Å². The molecule has 0 saturated heterocycles. The van der Waals surface area contributed by atoms with Crippen LogP contribution in [0.3, 0.4) is 0 Å². The highest BCUT2D eigenvalue weighted by atomic mass is 35.5. The summed E-state index contributed by atoms with van der Waals surface area (Å²) in [6.45, 7) is 5.50. The second-order valence-corrected chi connectivity index (χ2v) is 5.60. The highest BCUT2D eigenvalue weighted by molar-refractivity contribution is 8.00. The first-order chi connectivity index (χ1) is 7.99. The number of rotatable bonds is 4. The van der Waals surface area contributed by atoms with Crippen LogP contribution in [0.4, 0.5) is 0 Å². The lowest BCUT2D eigenvalue weighted by molar-refractivity contribution is -0.120. The minimum atomic E-state index is -0.195. The molecule has 0 fully saturated rings. The minimum absolute atomic E-state index is 0.105. The number of carbonyl (C=O) groups excluding carboxylic acids is 1. The molecule has 0 unspecified atom stereocenters. The summed E-state index contributed by atoms with van der Waals surface area (Å²) in [4.78, 5) is 12.7. The lowest BCUT2D eigenvalue weighted by Gasteiger charge is -2.09. The molecule has 1 amide bonds. The molecule has 3 nitrogen and oxygen atoms in total. The molecule has 0 aliphatic heterocycles. The fourth-order valence-electron chi connectivity index (χ4n) is 1.03. The number of benzene rings is 1. The molecule has 0 bridgehead atoms. The molecule has 1 rings (SSSR count). The SMILES string of the molecule is CC(C)=NNC(=O)[C@@H](C)Sc1ccc(Cl)cc1. The van der Waals surface area contributed by atoms with Gasteiger partial charge in [0.25, 0.3) is 5.91 Å². The van der Waals surface area contributed by atoms with E-state index in [0.717, 1.165) is 10.6 Å². The molecule has 0 saturated carbocycles. The van der Waals surface area contributed by atoms with Crippen LogP contribution >= 0.6 is 23.4 Å². The van der Waals surface area contributed by atoms with E-state index in [1.165, 1.54) is 11.8 Å². The third kappa shape index (κ3) is 5.24. The molecule has 1 atom stereocenters. The quantitative estimate of drug-likeness (QED) is 0.518. The van der Waals surface area contributed by atoms with Crippen molar-refractivity contribution >= 4 is 35.0 Å². The van der Waals surface area contributed by atoms with E-state index in [9.17, 15) is 4.79 Å². The third-order valence-corrected chi connectivity index (χ3v) is 3.25. The number of amides is 1. The largest absolute Gasteiger partial charge is 0.272 e. The summed E-state index contributed by atoms with van der Waals surface area (Å²) in [5.74, 6) is -0.105. The standard InChI is InChI=1S/C12H15ClN2OS/c1-8(2)14-15-12(16)9(3)17-11-6-4-10(13)5-7-11/h4-7,9H,1-3H3,(H,15,16)/t9-/m1/s1. The van der Waals surface area contributed by atoms with Crippen LogP contribution in [-0.2, 0) is 4.79 Å². The number of thioether (sulfide) groups is 1. The van der Waals surface area contributed by atoms with Crippen molar-refractivity contribution in [2.45, 2.75) is 30.9 Å². The monoisotopic (exact) mass is 270 g/mol. The van der Waals surface area contributed by atoms with Gasteiger partial charge in [-0.2, -0.15) is 5.10 Å². The zero-order chi connectivity index (χ0) is 12.8. The van der Waals surface area contributed by atoms with E-state index in [-0.39, 0.29) is 11.2 Å². The Hall–Kier alpha value is -1.00. The maximum absolute atomic E-state index is 11.7. The Morgan fingerprint density at radius 2 is 1.94 bits per heavy atom. The number of hydrogen-bond donors (Lipinski definition) is 1. The van der Waals surface area contributed by atoms with Crippen LogP contribution in [0.25, 0.3) is 0 Å². The first kappa shape index (κ1) is 14.1. The topological polar surface area (TPSA) is 41.5 Å². The van der Waals surface area contributed by atoms with Crippen molar-refractivity contribution in [1.29, 1.82) is 0 Å². The average molecular weight is 271 g/mol. The zero-order valence-corrected chi connectivity index (χ0v) is 11.6. The van der Waals surface area contributed by atoms with Crippen LogP contribution in [0.15, 0.2) is 34.3 Å². The number of hydrazone groups is 1. The van der Waals surface area contributed by atoms with Gasteiger partial charge < -0.3 is 0 Å². The van der Waals surface area contributed by atoms with Crippen molar-refractivity contribution in [3.63, 3.8) is 0 Å². The Bertz CT molecular complexity index is 413. The summed E-state index contributed by atoms with van der Waals surface area (Å²) in [6.07, 6.45) is 0. The predicted octanol–water partition coefficient (Wildman–Crippen LogP) is 3.33.